The highest BCUT2D eigenvalue weighted by Crippen LogP contribution is 2.38. The molecule has 8 heteroatoms. The van der Waals surface area contributed by atoms with Gasteiger partial charge in [-0.1, -0.05) is 0 Å². The summed E-state index contributed by atoms with van der Waals surface area (Å²) in [6.45, 7) is -0.271. The largest absolute Gasteiger partial charge is 0.493 e. The molecule has 2 rings (SSSR count). The molecule has 0 atom stereocenters. The Bertz CT molecular complexity index is 781. The van der Waals surface area contributed by atoms with E-state index in [0.29, 0.717) is 22.8 Å². The predicted octanol–water partition coefficient (Wildman–Crippen LogP) is 1.08. The predicted molar refractivity (Wildman–Crippen MR) is 91.5 cm³/mol. The van der Waals surface area contributed by atoms with Crippen LogP contribution in [0, 0.1) is 0 Å². The van der Waals surface area contributed by atoms with Crippen molar-refractivity contribution in [2.45, 2.75) is 0 Å². The molecule has 0 aliphatic carbocycles. The molecule has 8 nitrogen and oxygen atoms in total. The number of hydrogen-bond acceptors (Lipinski definition) is 6. The van der Waals surface area contributed by atoms with E-state index in [2.05, 4.69) is 5.32 Å². The van der Waals surface area contributed by atoms with E-state index < -0.39 is 5.97 Å². The molecule has 2 aromatic rings. The molecule has 0 spiro atoms. The lowest BCUT2D eigenvalue weighted by molar-refractivity contribution is -0.671. The molecule has 1 aromatic carbocycles. The van der Waals surface area contributed by atoms with Crippen molar-refractivity contribution < 1.29 is 33.1 Å². The molecule has 26 heavy (non-hydrogen) atoms. The lowest BCUT2D eigenvalue weighted by atomic mass is 10.2. The molecule has 1 aromatic heterocycles. The quantitative estimate of drug-likeness (QED) is 0.451. The molecule has 1 N–H and O–H groups in total. The van der Waals surface area contributed by atoms with Crippen molar-refractivity contribution in [3.05, 3.63) is 47.8 Å². The number of nitrogens with zero attached hydrogens (tertiary/aromatic N) is 1. The number of amides is 1. The van der Waals surface area contributed by atoms with Crippen LogP contribution in [0.3, 0.4) is 0 Å². The molecule has 138 valence electrons. The standard InChI is InChI=1S/C18H20N2O6/c1-20-7-5-6-12(10-20)17(21)19-11-26-18(22)13-8-14(23-2)16(25-4)15(9-13)24-3/h5-10H,11H2,1-4H3/p+1. The van der Waals surface area contributed by atoms with E-state index in [1.807, 2.05) is 0 Å². The normalized spacial score (nSPS) is 10.0. The Hall–Kier alpha value is -3.29. The Morgan fingerprint density at radius 2 is 1.69 bits per heavy atom. The SMILES string of the molecule is COc1cc(C(=O)OCNC(=O)c2ccc[n+](C)c2)cc(OC)c1OC. The average Bonchev–Trinajstić information content (AvgIpc) is 2.66. The average molecular weight is 361 g/mol. The first kappa shape index (κ1) is 19.0. The zero-order valence-electron chi connectivity index (χ0n) is 15.1. The Kier molecular flexibility index (Phi) is 6.37. The number of hydrogen-bond donors (Lipinski definition) is 1. The van der Waals surface area contributed by atoms with Gasteiger partial charge in [-0.2, -0.15) is 0 Å². The molecular weight excluding hydrogens is 340 g/mol. The van der Waals surface area contributed by atoms with Crippen LogP contribution in [-0.4, -0.2) is 39.9 Å². The van der Waals surface area contributed by atoms with Crippen molar-refractivity contribution in [3.63, 3.8) is 0 Å². The van der Waals surface area contributed by atoms with Gasteiger partial charge in [-0.3, -0.25) is 4.79 Å². The molecule has 1 heterocycles. The van der Waals surface area contributed by atoms with Crippen molar-refractivity contribution in [3.8, 4) is 17.2 Å². The van der Waals surface area contributed by atoms with E-state index in [0.717, 1.165) is 0 Å². The third-order valence-corrected chi connectivity index (χ3v) is 3.54. The monoisotopic (exact) mass is 361 g/mol. The highest BCUT2D eigenvalue weighted by Gasteiger charge is 2.18. The highest BCUT2D eigenvalue weighted by atomic mass is 16.5. The van der Waals surface area contributed by atoms with Gasteiger partial charge >= 0.3 is 5.97 Å². The van der Waals surface area contributed by atoms with Crippen molar-refractivity contribution in [2.75, 3.05) is 28.1 Å². The summed E-state index contributed by atoms with van der Waals surface area (Å²) in [5.74, 6) is 0.0538. The van der Waals surface area contributed by atoms with Crippen LogP contribution in [0.2, 0.25) is 0 Å². The minimum atomic E-state index is -0.636. The first-order valence-corrected chi connectivity index (χ1v) is 7.70. The fourth-order valence-electron chi connectivity index (χ4n) is 2.27. The van der Waals surface area contributed by atoms with E-state index >= 15 is 0 Å². The summed E-state index contributed by atoms with van der Waals surface area (Å²) < 4.78 is 22.4. The fraction of sp³-hybridized carbons (Fsp3) is 0.278. The molecule has 0 bridgehead atoms. The van der Waals surface area contributed by atoms with Crippen molar-refractivity contribution in [1.82, 2.24) is 5.32 Å². The summed E-state index contributed by atoms with van der Waals surface area (Å²) in [6.07, 6.45) is 3.47. The topological polar surface area (TPSA) is 87.0 Å². The van der Waals surface area contributed by atoms with Crippen LogP contribution in [0.15, 0.2) is 36.7 Å². The van der Waals surface area contributed by atoms with Crippen LogP contribution in [0.4, 0.5) is 0 Å². The Morgan fingerprint density at radius 1 is 1.04 bits per heavy atom. The molecule has 0 aliphatic rings. The summed E-state index contributed by atoms with van der Waals surface area (Å²) in [6, 6.07) is 6.36. The molecule has 1 amide bonds. The second-order valence-electron chi connectivity index (χ2n) is 5.25. The zero-order chi connectivity index (χ0) is 19.1. The number of nitrogens with one attached hydrogen (secondary N) is 1. The summed E-state index contributed by atoms with van der Waals surface area (Å²) in [5, 5.41) is 2.52. The van der Waals surface area contributed by atoms with E-state index in [1.54, 1.807) is 36.1 Å². The van der Waals surface area contributed by atoms with Crippen LogP contribution in [0.1, 0.15) is 20.7 Å². The van der Waals surface area contributed by atoms with Crippen molar-refractivity contribution in [1.29, 1.82) is 0 Å². The number of pyridine rings is 1. The third-order valence-electron chi connectivity index (χ3n) is 3.54. The van der Waals surface area contributed by atoms with Gasteiger partial charge in [-0.25, -0.2) is 9.36 Å². The number of esters is 1. The number of carbonyl (C=O) groups excluding carboxylic acids is 2. The molecule has 0 radical (unpaired) electrons. The summed E-state index contributed by atoms with van der Waals surface area (Å²) in [7, 11) is 6.18. The van der Waals surface area contributed by atoms with Crippen LogP contribution in [0.25, 0.3) is 0 Å². The minimum absolute atomic E-state index is 0.208. The summed E-state index contributed by atoms with van der Waals surface area (Å²) >= 11 is 0. The smallest absolute Gasteiger partial charge is 0.340 e. The number of carbonyl (C=O) groups is 2. The van der Waals surface area contributed by atoms with Crippen molar-refractivity contribution >= 4 is 11.9 Å². The Morgan fingerprint density at radius 3 is 2.23 bits per heavy atom. The number of methoxy groups -OCH3 is 3. The van der Waals surface area contributed by atoms with Gasteiger partial charge in [-0.15, -0.1) is 0 Å². The summed E-state index contributed by atoms with van der Waals surface area (Å²) in [5.41, 5.74) is 0.665. The first-order valence-electron chi connectivity index (χ1n) is 7.70. The number of benzene rings is 1. The zero-order valence-corrected chi connectivity index (χ0v) is 15.1. The number of rotatable bonds is 7. The van der Waals surface area contributed by atoms with E-state index in [9.17, 15) is 9.59 Å². The maximum atomic E-state index is 12.2. The Balaban J connectivity index is 2.02. The Labute approximate surface area is 151 Å². The lowest BCUT2D eigenvalue weighted by Gasteiger charge is -2.14. The second-order valence-corrected chi connectivity index (χ2v) is 5.25. The van der Waals surface area contributed by atoms with Gasteiger partial charge in [0.15, 0.2) is 30.6 Å². The van der Waals surface area contributed by atoms with E-state index in [4.69, 9.17) is 18.9 Å². The molecule has 0 unspecified atom stereocenters. The molecular formula is C18H21N2O6+. The van der Waals surface area contributed by atoms with Gasteiger partial charge in [0, 0.05) is 6.07 Å². The maximum absolute atomic E-state index is 12.2. The molecule has 0 aliphatic heterocycles. The van der Waals surface area contributed by atoms with Gasteiger partial charge in [0.1, 0.15) is 12.6 Å². The number of aryl methyl sites for hydroxylation is 1. The molecule has 0 fully saturated rings. The van der Waals surface area contributed by atoms with Gasteiger partial charge in [-0.05, 0) is 18.2 Å². The number of ether oxygens (including phenoxy) is 4. The van der Waals surface area contributed by atoms with E-state index in [1.165, 1.54) is 33.5 Å². The van der Waals surface area contributed by atoms with E-state index in [-0.39, 0.29) is 18.2 Å². The fourth-order valence-corrected chi connectivity index (χ4v) is 2.27. The van der Waals surface area contributed by atoms with Gasteiger partial charge in [0.2, 0.25) is 5.75 Å². The third kappa shape index (κ3) is 4.41. The summed E-state index contributed by atoms with van der Waals surface area (Å²) in [4.78, 5) is 24.3. The number of aromatic nitrogens is 1. The lowest BCUT2D eigenvalue weighted by Crippen LogP contribution is -2.32. The van der Waals surface area contributed by atoms with Gasteiger partial charge in [0.05, 0.1) is 26.9 Å². The van der Waals surface area contributed by atoms with Gasteiger partial charge in [0.25, 0.3) is 5.91 Å². The second kappa shape index (κ2) is 8.70. The van der Waals surface area contributed by atoms with Crippen LogP contribution in [-0.2, 0) is 11.8 Å². The van der Waals surface area contributed by atoms with Crippen LogP contribution >= 0.6 is 0 Å². The maximum Gasteiger partial charge on any atom is 0.340 e. The minimum Gasteiger partial charge on any atom is -0.493 e. The van der Waals surface area contributed by atoms with Crippen LogP contribution in [0.5, 0.6) is 17.2 Å². The highest BCUT2D eigenvalue weighted by molar-refractivity contribution is 5.94. The first-order chi connectivity index (χ1) is 12.5. The molecule has 0 saturated heterocycles. The van der Waals surface area contributed by atoms with Crippen LogP contribution < -0.4 is 24.1 Å². The molecule has 0 saturated carbocycles. The van der Waals surface area contributed by atoms with Gasteiger partial charge < -0.3 is 24.3 Å². The van der Waals surface area contributed by atoms with Crippen molar-refractivity contribution in [2.24, 2.45) is 7.05 Å².